The molecule has 1 heterocycles. The van der Waals surface area contributed by atoms with Gasteiger partial charge in [0, 0.05) is 36.4 Å². The number of primary amides is 1. The highest BCUT2D eigenvalue weighted by molar-refractivity contribution is 6.30. The summed E-state index contributed by atoms with van der Waals surface area (Å²) >= 11 is 5.97. The minimum Gasteiger partial charge on any atom is -0.369 e. The lowest BCUT2D eigenvalue weighted by molar-refractivity contribution is -0.118. The molecule has 176 valence electrons. The number of carbonyl (C=O) groups excluding carboxylic acids is 2. The highest BCUT2D eigenvalue weighted by Crippen LogP contribution is 2.27. The summed E-state index contributed by atoms with van der Waals surface area (Å²) in [6.07, 6.45) is 4.36. The van der Waals surface area contributed by atoms with E-state index in [-0.39, 0.29) is 24.4 Å². The van der Waals surface area contributed by atoms with Gasteiger partial charge in [-0.05, 0) is 66.8 Å². The van der Waals surface area contributed by atoms with Crippen molar-refractivity contribution < 1.29 is 9.59 Å². The predicted molar refractivity (Wildman–Crippen MR) is 135 cm³/mol. The van der Waals surface area contributed by atoms with E-state index >= 15 is 0 Å². The van der Waals surface area contributed by atoms with Gasteiger partial charge in [0.05, 0.1) is 6.54 Å². The molecule has 1 unspecified atom stereocenters. The van der Waals surface area contributed by atoms with E-state index in [2.05, 4.69) is 23.2 Å². The molecule has 6 nitrogen and oxygen atoms in total. The Balaban J connectivity index is 1.40. The summed E-state index contributed by atoms with van der Waals surface area (Å²) in [6, 6.07) is 17.8. The first-order valence-corrected chi connectivity index (χ1v) is 11.7. The SMILES string of the molecule is CN(CC(N)=O)Cc1ccc2c(c1)CCC(N(C)C(=O)c1ccc(-c3ccc(Cl)cc3)cn1)C2. The molecule has 1 aliphatic carbocycles. The average Bonchev–Trinajstić information content (AvgIpc) is 2.83. The summed E-state index contributed by atoms with van der Waals surface area (Å²) in [5.41, 5.74) is 11.4. The molecule has 34 heavy (non-hydrogen) atoms. The van der Waals surface area contributed by atoms with Crippen molar-refractivity contribution >= 4 is 23.4 Å². The Hall–Kier alpha value is -3.22. The second kappa shape index (κ2) is 10.4. The molecule has 0 fully saturated rings. The van der Waals surface area contributed by atoms with Crippen molar-refractivity contribution in [2.45, 2.75) is 31.8 Å². The quantitative estimate of drug-likeness (QED) is 0.560. The van der Waals surface area contributed by atoms with Crippen LogP contribution in [-0.2, 0) is 24.2 Å². The summed E-state index contributed by atoms with van der Waals surface area (Å²) in [4.78, 5) is 32.4. The highest BCUT2D eigenvalue weighted by atomic mass is 35.5. The summed E-state index contributed by atoms with van der Waals surface area (Å²) in [5, 5.41) is 0.686. The van der Waals surface area contributed by atoms with Crippen LogP contribution in [-0.4, -0.2) is 53.3 Å². The number of aromatic nitrogens is 1. The topological polar surface area (TPSA) is 79.5 Å². The first kappa shape index (κ1) is 23.9. The summed E-state index contributed by atoms with van der Waals surface area (Å²) in [6.45, 7) is 0.913. The molecule has 3 aromatic rings. The smallest absolute Gasteiger partial charge is 0.272 e. The number of benzene rings is 2. The molecule has 2 aromatic carbocycles. The Labute approximate surface area is 205 Å². The largest absolute Gasteiger partial charge is 0.369 e. The molecular weight excluding hydrogens is 448 g/mol. The lowest BCUT2D eigenvalue weighted by Gasteiger charge is -2.32. The zero-order chi connectivity index (χ0) is 24.2. The molecule has 0 saturated carbocycles. The van der Waals surface area contributed by atoms with Crippen LogP contribution in [0.2, 0.25) is 5.02 Å². The van der Waals surface area contributed by atoms with Gasteiger partial charge in [0.25, 0.3) is 5.91 Å². The molecule has 0 saturated heterocycles. The number of nitrogens with zero attached hydrogens (tertiary/aromatic N) is 3. The van der Waals surface area contributed by atoms with Gasteiger partial charge in [-0.2, -0.15) is 0 Å². The highest BCUT2D eigenvalue weighted by Gasteiger charge is 2.26. The molecule has 7 heteroatoms. The van der Waals surface area contributed by atoms with Crippen LogP contribution in [0.15, 0.2) is 60.8 Å². The third kappa shape index (κ3) is 5.64. The van der Waals surface area contributed by atoms with Crippen LogP contribution in [0, 0.1) is 0 Å². The molecular formula is C27H29ClN4O2. The van der Waals surface area contributed by atoms with Crippen molar-refractivity contribution in [3.63, 3.8) is 0 Å². The predicted octanol–water partition coefficient (Wildman–Crippen LogP) is 3.95. The fourth-order valence-electron chi connectivity index (χ4n) is 4.53. The molecule has 2 amide bonds. The van der Waals surface area contributed by atoms with Crippen LogP contribution >= 0.6 is 11.6 Å². The van der Waals surface area contributed by atoms with E-state index in [1.807, 2.05) is 54.2 Å². The number of amides is 2. The zero-order valence-electron chi connectivity index (χ0n) is 19.5. The number of hydrogen-bond acceptors (Lipinski definition) is 4. The number of nitrogens with two attached hydrogens (primary N) is 1. The number of rotatable bonds is 7. The Morgan fingerprint density at radius 1 is 1.03 bits per heavy atom. The standard InChI is InChI=1S/C27H29ClN4O2/c1-31(17-26(29)33)16-18-3-4-21-14-24(11-7-20(21)13-18)32(2)27(34)25-12-8-22(15-30-25)19-5-9-23(28)10-6-19/h3-6,8-10,12-13,15,24H,7,11,14,16-17H2,1-2H3,(H2,29,33). The lowest BCUT2D eigenvalue weighted by atomic mass is 9.86. The zero-order valence-corrected chi connectivity index (χ0v) is 20.3. The minimum absolute atomic E-state index is 0.0687. The van der Waals surface area contributed by atoms with Crippen LogP contribution in [0.4, 0.5) is 0 Å². The fraction of sp³-hybridized carbons (Fsp3) is 0.296. The maximum absolute atomic E-state index is 13.1. The maximum Gasteiger partial charge on any atom is 0.272 e. The third-order valence-corrected chi connectivity index (χ3v) is 6.63. The van der Waals surface area contributed by atoms with Gasteiger partial charge < -0.3 is 10.6 Å². The van der Waals surface area contributed by atoms with Gasteiger partial charge in [0.1, 0.15) is 5.69 Å². The number of carbonyl (C=O) groups is 2. The van der Waals surface area contributed by atoms with Crippen molar-refractivity contribution in [1.82, 2.24) is 14.8 Å². The third-order valence-electron chi connectivity index (χ3n) is 6.38. The second-order valence-corrected chi connectivity index (χ2v) is 9.43. The number of pyridine rings is 1. The van der Waals surface area contributed by atoms with Crippen LogP contribution < -0.4 is 5.73 Å². The van der Waals surface area contributed by atoms with Crippen LogP contribution in [0.1, 0.15) is 33.6 Å². The Kier molecular flexibility index (Phi) is 7.29. The number of halogens is 1. The molecule has 1 aliphatic rings. The maximum atomic E-state index is 13.1. The number of aryl methyl sites for hydroxylation is 1. The van der Waals surface area contributed by atoms with Crippen molar-refractivity contribution in [2.24, 2.45) is 5.73 Å². The van der Waals surface area contributed by atoms with Crippen molar-refractivity contribution in [3.8, 4) is 11.1 Å². The molecule has 0 spiro atoms. The molecule has 0 bridgehead atoms. The van der Waals surface area contributed by atoms with E-state index in [0.717, 1.165) is 36.0 Å². The first-order valence-electron chi connectivity index (χ1n) is 11.4. The van der Waals surface area contributed by atoms with Crippen LogP contribution in [0.3, 0.4) is 0 Å². The molecule has 0 aliphatic heterocycles. The molecule has 1 atom stereocenters. The number of hydrogen-bond donors (Lipinski definition) is 1. The Morgan fingerprint density at radius 2 is 1.76 bits per heavy atom. The summed E-state index contributed by atoms with van der Waals surface area (Å²) in [5.74, 6) is -0.397. The molecule has 2 N–H and O–H groups in total. The van der Waals surface area contributed by atoms with E-state index in [1.54, 1.807) is 12.3 Å². The van der Waals surface area contributed by atoms with E-state index in [0.29, 0.717) is 17.3 Å². The monoisotopic (exact) mass is 476 g/mol. The fourth-order valence-corrected chi connectivity index (χ4v) is 4.66. The van der Waals surface area contributed by atoms with E-state index in [4.69, 9.17) is 17.3 Å². The normalized spacial score (nSPS) is 15.1. The van der Waals surface area contributed by atoms with Crippen molar-refractivity contribution in [2.75, 3.05) is 20.6 Å². The molecule has 4 rings (SSSR count). The van der Waals surface area contributed by atoms with Crippen molar-refractivity contribution in [3.05, 3.63) is 88.2 Å². The average molecular weight is 477 g/mol. The van der Waals surface area contributed by atoms with Gasteiger partial charge >= 0.3 is 0 Å². The van der Waals surface area contributed by atoms with Gasteiger partial charge in [-0.1, -0.05) is 48.0 Å². The second-order valence-electron chi connectivity index (χ2n) is 8.99. The Bertz CT molecular complexity index is 1180. The van der Waals surface area contributed by atoms with Crippen LogP contribution in [0.25, 0.3) is 11.1 Å². The van der Waals surface area contributed by atoms with Gasteiger partial charge in [-0.3, -0.25) is 19.5 Å². The van der Waals surface area contributed by atoms with Crippen LogP contribution in [0.5, 0.6) is 0 Å². The summed E-state index contributed by atoms with van der Waals surface area (Å²) in [7, 11) is 3.75. The van der Waals surface area contributed by atoms with Gasteiger partial charge in [-0.15, -0.1) is 0 Å². The lowest BCUT2D eigenvalue weighted by Crippen LogP contribution is -2.41. The van der Waals surface area contributed by atoms with Crippen molar-refractivity contribution in [1.29, 1.82) is 0 Å². The van der Waals surface area contributed by atoms with Gasteiger partial charge in [-0.25, -0.2) is 0 Å². The van der Waals surface area contributed by atoms with E-state index in [9.17, 15) is 9.59 Å². The van der Waals surface area contributed by atoms with Gasteiger partial charge in [0.2, 0.25) is 5.91 Å². The Morgan fingerprint density at radius 3 is 2.44 bits per heavy atom. The number of fused-ring (bicyclic) bond motifs is 1. The first-order chi connectivity index (χ1) is 16.3. The summed E-state index contributed by atoms with van der Waals surface area (Å²) < 4.78 is 0. The van der Waals surface area contributed by atoms with E-state index < -0.39 is 0 Å². The number of likely N-dealkylation sites (N-methyl/N-ethyl adjacent to an activating group) is 2. The van der Waals surface area contributed by atoms with E-state index in [1.165, 1.54) is 11.1 Å². The molecule has 1 aromatic heterocycles. The molecule has 0 radical (unpaired) electrons. The minimum atomic E-state index is -0.329. The van der Waals surface area contributed by atoms with Gasteiger partial charge in [0.15, 0.2) is 0 Å².